The molecule has 4 aromatic carbocycles. The molecule has 0 aliphatic heterocycles. The summed E-state index contributed by atoms with van der Waals surface area (Å²) in [6, 6.07) is 27.7. The van der Waals surface area contributed by atoms with Gasteiger partial charge in [-0.1, -0.05) is 60.7 Å². The molecule has 3 aromatic heterocycles. The number of pyridine rings is 1. The third-order valence-electron chi connectivity index (χ3n) is 6.43. The molecule has 0 fully saturated rings. The van der Waals surface area contributed by atoms with Gasteiger partial charge < -0.3 is 14.5 Å². The van der Waals surface area contributed by atoms with Gasteiger partial charge in [0.05, 0.1) is 11.0 Å². The van der Waals surface area contributed by atoms with E-state index in [0.29, 0.717) is 5.46 Å². The van der Waals surface area contributed by atoms with Crippen LogP contribution < -0.4 is 5.46 Å². The predicted octanol–water partition coefficient (Wildman–Crippen LogP) is 4.89. The SMILES string of the molecule is OB(O)c1ccc2c(c1)c(-c1cccc3c1oc1ccccc13)cc1c2nc2ccccn21. The zero-order valence-electron chi connectivity index (χ0n) is 17.4. The quantitative estimate of drug-likeness (QED) is 0.385. The van der Waals surface area contributed by atoms with Crippen molar-refractivity contribution in [1.29, 1.82) is 0 Å². The molecule has 0 saturated heterocycles. The monoisotopic (exact) mass is 428 g/mol. The lowest BCUT2D eigenvalue weighted by atomic mass is 9.78. The molecule has 156 valence electrons. The number of para-hydroxylation sites is 2. The molecule has 0 amide bonds. The van der Waals surface area contributed by atoms with Crippen LogP contribution in [0.15, 0.2) is 95.5 Å². The van der Waals surface area contributed by atoms with Crippen LogP contribution in [-0.2, 0) is 0 Å². The second-order valence-corrected chi connectivity index (χ2v) is 8.29. The largest absolute Gasteiger partial charge is 0.488 e. The first-order chi connectivity index (χ1) is 16.2. The van der Waals surface area contributed by atoms with Crippen molar-refractivity contribution in [2.45, 2.75) is 0 Å². The van der Waals surface area contributed by atoms with Crippen LogP contribution in [0.1, 0.15) is 0 Å². The molecule has 6 heteroatoms. The van der Waals surface area contributed by atoms with Crippen molar-refractivity contribution in [2.75, 3.05) is 0 Å². The first-order valence-electron chi connectivity index (χ1n) is 10.8. The summed E-state index contributed by atoms with van der Waals surface area (Å²) in [5, 5.41) is 23.7. The second kappa shape index (κ2) is 6.69. The number of hydrogen-bond donors (Lipinski definition) is 2. The van der Waals surface area contributed by atoms with E-state index in [9.17, 15) is 10.0 Å². The lowest BCUT2D eigenvalue weighted by Gasteiger charge is -2.11. The van der Waals surface area contributed by atoms with E-state index in [1.54, 1.807) is 6.07 Å². The number of fused-ring (bicyclic) bond motifs is 8. The highest BCUT2D eigenvalue weighted by Gasteiger charge is 2.20. The summed E-state index contributed by atoms with van der Waals surface area (Å²) in [5.41, 5.74) is 6.70. The van der Waals surface area contributed by atoms with E-state index in [-0.39, 0.29) is 0 Å². The fourth-order valence-corrected chi connectivity index (χ4v) is 4.90. The van der Waals surface area contributed by atoms with Crippen LogP contribution in [0.4, 0.5) is 0 Å². The molecule has 0 aliphatic rings. The smallest absolute Gasteiger partial charge is 0.455 e. The maximum Gasteiger partial charge on any atom is 0.488 e. The van der Waals surface area contributed by atoms with Crippen LogP contribution in [0.2, 0.25) is 0 Å². The summed E-state index contributed by atoms with van der Waals surface area (Å²) in [5.74, 6) is 0. The third-order valence-corrected chi connectivity index (χ3v) is 6.43. The summed E-state index contributed by atoms with van der Waals surface area (Å²) in [7, 11) is -1.55. The van der Waals surface area contributed by atoms with E-state index in [1.807, 2.05) is 60.8 Å². The van der Waals surface area contributed by atoms with Crippen LogP contribution in [0.3, 0.4) is 0 Å². The van der Waals surface area contributed by atoms with Crippen LogP contribution in [0, 0.1) is 0 Å². The Labute approximate surface area is 188 Å². The lowest BCUT2D eigenvalue weighted by molar-refractivity contribution is 0.426. The van der Waals surface area contributed by atoms with Crippen LogP contribution in [-0.4, -0.2) is 26.6 Å². The van der Waals surface area contributed by atoms with E-state index < -0.39 is 7.12 Å². The molecule has 0 radical (unpaired) electrons. The minimum atomic E-state index is -1.55. The summed E-state index contributed by atoms with van der Waals surface area (Å²) in [6.07, 6.45) is 2.01. The number of rotatable bonds is 2. The van der Waals surface area contributed by atoms with Crippen molar-refractivity contribution in [3.05, 3.63) is 91.1 Å². The molecule has 2 N–H and O–H groups in total. The number of benzene rings is 4. The molecule has 0 saturated carbocycles. The van der Waals surface area contributed by atoms with Crippen LogP contribution >= 0.6 is 0 Å². The summed E-state index contributed by atoms with van der Waals surface area (Å²) >= 11 is 0. The molecule has 0 unspecified atom stereocenters. The number of imidazole rings is 1. The zero-order valence-corrected chi connectivity index (χ0v) is 17.4. The van der Waals surface area contributed by atoms with Crippen molar-refractivity contribution in [1.82, 2.24) is 9.38 Å². The number of furan rings is 1. The van der Waals surface area contributed by atoms with Crippen LogP contribution in [0.25, 0.3) is 60.5 Å². The predicted molar refractivity (Wildman–Crippen MR) is 133 cm³/mol. The van der Waals surface area contributed by atoms with E-state index in [1.165, 1.54) is 0 Å². The summed E-state index contributed by atoms with van der Waals surface area (Å²) in [4.78, 5) is 4.86. The second-order valence-electron chi connectivity index (χ2n) is 8.29. The lowest BCUT2D eigenvalue weighted by Crippen LogP contribution is -2.29. The normalized spacial score (nSPS) is 11.9. The Morgan fingerprint density at radius 1 is 0.727 bits per heavy atom. The van der Waals surface area contributed by atoms with Gasteiger partial charge in [0.25, 0.3) is 0 Å². The summed E-state index contributed by atoms with van der Waals surface area (Å²) in [6.45, 7) is 0. The average molecular weight is 428 g/mol. The minimum Gasteiger partial charge on any atom is -0.455 e. The molecular formula is C27H17BN2O3. The maximum atomic E-state index is 9.86. The van der Waals surface area contributed by atoms with Gasteiger partial charge in [0.2, 0.25) is 0 Å². The minimum absolute atomic E-state index is 0.434. The van der Waals surface area contributed by atoms with Gasteiger partial charge in [0.1, 0.15) is 16.8 Å². The fraction of sp³-hybridized carbons (Fsp3) is 0. The molecule has 5 nitrogen and oxygen atoms in total. The zero-order chi connectivity index (χ0) is 22.1. The molecule has 0 spiro atoms. The standard InChI is InChI=1S/C27H17BN2O3/c31-28(32)16-11-12-18-21(14-16)22(15-23-26(18)29-25-10-3-4-13-30(23)25)20-8-5-7-19-17-6-1-2-9-24(17)33-27(19)20/h1-15,31-32H. The summed E-state index contributed by atoms with van der Waals surface area (Å²) < 4.78 is 8.40. The molecule has 0 bridgehead atoms. The van der Waals surface area contributed by atoms with Crippen molar-refractivity contribution < 1.29 is 14.5 Å². The van der Waals surface area contributed by atoms with Gasteiger partial charge in [-0.05, 0) is 40.7 Å². The molecule has 7 aromatic rings. The van der Waals surface area contributed by atoms with Crippen molar-refractivity contribution in [3.8, 4) is 11.1 Å². The number of hydrogen-bond acceptors (Lipinski definition) is 4. The first kappa shape index (κ1) is 18.4. The van der Waals surface area contributed by atoms with Gasteiger partial charge in [0.15, 0.2) is 0 Å². The Hall–Kier alpha value is -4.13. The Balaban J connectivity index is 1.67. The molecular weight excluding hydrogens is 411 g/mol. The molecule has 0 atom stereocenters. The number of aromatic nitrogens is 2. The topological polar surface area (TPSA) is 70.9 Å². The van der Waals surface area contributed by atoms with Gasteiger partial charge in [-0.3, -0.25) is 4.40 Å². The van der Waals surface area contributed by atoms with Gasteiger partial charge in [0, 0.05) is 27.9 Å². The Morgan fingerprint density at radius 3 is 2.48 bits per heavy atom. The average Bonchev–Trinajstić information content (AvgIpc) is 3.41. The molecule has 3 heterocycles. The van der Waals surface area contributed by atoms with Crippen molar-refractivity contribution >= 4 is 62.0 Å². The highest BCUT2D eigenvalue weighted by atomic mass is 16.4. The van der Waals surface area contributed by atoms with Gasteiger partial charge in [-0.15, -0.1) is 0 Å². The first-order valence-corrected chi connectivity index (χ1v) is 10.8. The highest BCUT2D eigenvalue weighted by Crippen LogP contribution is 2.40. The third kappa shape index (κ3) is 2.59. The molecule has 33 heavy (non-hydrogen) atoms. The fourth-order valence-electron chi connectivity index (χ4n) is 4.90. The van der Waals surface area contributed by atoms with E-state index in [2.05, 4.69) is 28.7 Å². The Bertz CT molecular complexity index is 1870. The number of nitrogens with zero attached hydrogens (tertiary/aromatic N) is 2. The van der Waals surface area contributed by atoms with Gasteiger partial charge in [-0.25, -0.2) is 4.98 Å². The molecule has 7 rings (SSSR count). The van der Waals surface area contributed by atoms with E-state index >= 15 is 0 Å². The maximum absolute atomic E-state index is 9.86. The van der Waals surface area contributed by atoms with Gasteiger partial charge >= 0.3 is 7.12 Å². The van der Waals surface area contributed by atoms with Crippen molar-refractivity contribution in [3.63, 3.8) is 0 Å². The van der Waals surface area contributed by atoms with E-state index in [4.69, 9.17) is 9.40 Å². The van der Waals surface area contributed by atoms with E-state index in [0.717, 1.165) is 60.5 Å². The highest BCUT2D eigenvalue weighted by molar-refractivity contribution is 6.59. The Morgan fingerprint density at radius 2 is 1.58 bits per heavy atom. The van der Waals surface area contributed by atoms with Crippen LogP contribution in [0.5, 0.6) is 0 Å². The van der Waals surface area contributed by atoms with Crippen molar-refractivity contribution in [2.24, 2.45) is 0 Å². The van der Waals surface area contributed by atoms with Gasteiger partial charge in [-0.2, -0.15) is 0 Å². The molecule has 0 aliphatic carbocycles. The Kier molecular flexibility index (Phi) is 3.74.